The lowest BCUT2D eigenvalue weighted by molar-refractivity contribution is 0.00657. The van der Waals surface area contributed by atoms with Crippen LogP contribution in [0.15, 0.2) is 0 Å². The number of methoxy groups -OCH3 is 1. The Labute approximate surface area is 121 Å². The van der Waals surface area contributed by atoms with Gasteiger partial charge in [-0.1, -0.05) is 0 Å². The van der Waals surface area contributed by atoms with Crippen LogP contribution in [0, 0.1) is 0 Å². The van der Waals surface area contributed by atoms with Gasteiger partial charge in [0.1, 0.15) is 5.60 Å². The predicted octanol–water partition coefficient (Wildman–Crippen LogP) is 0.481. The normalized spacial score (nSPS) is 22.8. The number of carbonyl (C=O) groups excluding carboxylic acids is 1. The molecule has 6 heteroatoms. The first-order valence-corrected chi connectivity index (χ1v) is 7.39. The predicted molar refractivity (Wildman–Crippen MR) is 76.9 cm³/mol. The highest BCUT2D eigenvalue weighted by atomic mass is 16.6. The van der Waals surface area contributed by atoms with Crippen molar-refractivity contribution in [2.45, 2.75) is 18.4 Å². The first-order valence-electron chi connectivity index (χ1n) is 7.39. The Morgan fingerprint density at radius 3 is 2.70 bits per heavy atom. The number of hydrogen-bond donors (Lipinski definition) is 0. The molecule has 0 aromatic rings. The van der Waals surface area contributed by atoms with Crippen molar-refractivity contribution in [1.29, 1.82) is 0 Å². The number of rotatable bonds is 6. The van der Waals surface area contributed by atoms with Crippen LogP contribution in [-0.2, 0) is 9.47 Å². The number of amides is 1. The Bertz CT molecular complexity index is 330. The number of likely N-dealkylation sites (tertiary alicyclic amines) is 1. The molecule has 2 aliphatic heterocycles. The molecule has 1 amide bonds. The maximum Gasteiger partial charge on any atom is 0.410 e. The molecule has 0 saturated carbocycles. The molecule has 0 aromatic heterocycles. The van der Waals surface area contributed by atoms with Gasteiger partial charge < -0.3 is 24.2 Å². The van der Waals surface area contributed by atoms with Crippen molar-refractivity contribution < 1.29 is 14.3 Å². The fraction of sp³-hybridized carbons (Fsp3) is 0.929. The summed E-state index contributed by atoms with van der Waals surface area (Å²) in [5.41, 5.74) is -0.227. The Morgan fingerprint density at radius 1 is 1.35 bits per heavy atom. The molecule has 2 rings (SSSR count). The highest BCUT2D eigenvalue weighted by Crippen LogP contribution is 2.32. The van der Waals surface area contributed by atoms with Crippen LogP contribution in [0.4, 0.5) is 4.79 Å². The van der Waals surface area contributed by atoms with Gasteiger partial charge in [0.25, 0.3) is 0 Å². The minimum atomic E-state index is -0.227. The van der Waals surface area contributed by atoms with E-state index in [1.807, 2.05) is 11.9 Å². The van der Waals surface area contributed by atoms with E-state index >= 15 is 0 Å². The van der Waals surface area contributed by atoms with E-state index in [0.717, 1.165) is 58.7 Å². The number of likely N-dealkylation sites (N-methyl/N-ethyl adjacent to an activating group) is 1. The number of carbonyl (C=O) groups is 1. The largest absolute Gasteiger partial charge is 0.441 e. The zero-order valence-corrected chi connectivity index (χ0v) is 12.9. The summed E-state index contributed by atoms with van der Waals surface area (Å²) in [6.45, 7) is 5.96. The Kier molecular flexibility index (Phi) is 5.23. The van der Waals surface area contributed by atoms with E-state index in [2.05, 4.69) is 16.8 Å². The van der Waals surface area contributed by atoms with Gasteiger partial charge in [-0.05, 0) is 14.1 Å². The van der Waals surface area contributed by atoms with E-state index < -0.39 is 0 Å². The second kappa shape index (κ2) is 6.74. The summed E-state index contributed by atoms with van der Waals surface area (Å²) >= 11 is 0. The smallest absolute Gasteiger partial charge is 0.410 e. The molecule has 1 spiro atoms. The van der Waals surface area contributed by atoms with Gasteiger partial charge in [0.15, 0.2) is 0 Å². The highest BCUT2D eigenvalue weighted by Gasteiger charge is 2.46. The van der Waals surface area contributed by atoms with Crippen molar-refractivity contribution in [2.75, 3.05) is 67.1 Å². The van der Waals surface area contributed by atoms with Crippen LogP contribution < -0.4 is 0 Å². The first kappa shape index (κ1) is 15.5. The number of nitrogens with zero attached hydrogens (tertiary/aromatic N) is 3. The van der Waals surface area contributed by atoms with Crippen LogP contribution >= 0.6 is 0 Å². The Balaban J connectivity index is 1.78. The number of piperidine rings is 1. The van der Waals surface area contributed by atoms with Gasteiger partial charge in [-0.3, -0.25) is 0 Å². The van der Waals surface area contributed by atoms with Crippen molar-refractivity contribution in [2.24, 2.45) is 0 Å². The Hall–Kier alpha value is -0.850. The van der Waals surface area contributed by atoms with Crippen LogP contribution in [0.5, 0.6) is 0 Å². The van der Waals surface area contributed by atoms with Gasteiger partial charge >= 0.3 is 6.09 Å². The van der Waals surface area contributed by atoms with Crippen molar-refractivity contribution in [3.8, 4) is 0 Å². The van der Waals surface area contributed by atoms with Crippen molar-refractivity contribution >= 4 is 6.09 Å². The van der Waals surface area contributed by atoms with E-state index in [0.29, 0.717) is 0 Å². The van der Waals surface area contributed by atoms with E-state index in [1.54, 1.807) is 7.11 Å². The van der Waals surface area contributed by atoms with E-state index in [-0.39, 0.29) is 11.7 Å². The quantitative estimate of drug-likeness (QED) is 0.710. The molecule has 0 unspecified atom stereocenters. The second-order valence-electron chi connectivity index (χ2n) is 6.07. The van der Waals surface area contributed by atoms with Gasteiger partial charge in [-0.15, -0.1) is 0 Å². The fourth-order valence-corrected chi connectivity index (χ4v) is 2.80. The molecule has 2 heterocycles. The van der Waals surface area contributed by atoms with Crippen LogP contribution in [0.3, 0.4) is 0 Å². The molecule has 6 nitrogen and oxygen atoms in total. The van der Waals surface area contributed by atoms with Gasteiger partial charge in [-0.2, -0.15) is 0 Å². The summed E-state index contributed by atoms with van der Waals surface area (Å²) in [6.07, 6.45) is 1.76. The van der Waals surface area contributed by atoms with Crippen molar-refractivity contribution in [1.82, 2.24) is 14.7 Å². The molecule has 0 atom stereocenters. The van der Waals surface area contributed by atoms with Gasteiger partial charge in [-0.25, -0.2) is 4.79 Å². The monoisotopic (exact) mass is 285 g/mol. The lowest BCUT2D eigenvalue weighted by Crippen LogP contribution is -2.46. The van der Waals surface area contributed by atoms with Crippen LogP contribution in [0.1, 0.15) is 12.8 Å². The average molecular weight is 285 g/mol. The molecule has 0 N–H and O–H groups in total. The van der Waals surface area contributed by atoms with Crippen LogP contribution in [0.2, 0.25) is 0 Å². The number of ether oxygens (including phenoxy) is 2. The molecule has 2 aliphatic rings. The van der Waals surface area contributed by atoms with Crippen LogP contribution in [0.25, 0.3) is 0 Å². The van der Waals surface area contributed by atoms with Gasteiger partial charge in [0, 0.05) is 52.7 Å². The van der Waals surface area contributed by atoms with Crippen LogP contribution in [-0.4, -0.2) is 93.5 Å². The SMILES string of the molecule is COCCN(C)CCN1CC2(CCN(C)CC2)OC1=O. The summed E-state index contributed by atoms with van der Waals surface area (Å²) in [5, 5.41) is 0. The lowest BCUT2D eigenvalue weighted by Gasteiger charge is -2.35. The summed E-state index contributed by atoms with van der Waals surface area (Å²) in [7, 11) is 5.87. The molecular weight excluding hydrogens is 258 g/mol. The molecule has 2 fully saturated rings. The lowest BCUT2D eigenvalue weighted by atomic mass is 9.91. The first-order chi connectivity index (χ1) is 9.54. The minimum Gasteiger partial charge on any atom is -0.441 e. The third-order valence-electron chi connectivity index (χ3n) is 4.37. The van der Waals surface area contributed by atoms with Crippen molar-refractivity contribution in [3.63, 3.8) is 0 Å². The Morgan fingerprint density at radius 2 is 2.05 bits per heavy atom. The second-order valence-corrected chi connectivity index (χ2v) is 6.07. The standard InChI is InChI=1S/C14H27N3O3/c1-15-6-4-14(5-7-15)12-17(13(18)20-14)9-8-16(2)10-11-19-3/h4-12H2,1-3H3. The zero-order valence-electron chi connectivity index (χ0n) is 12.9. The molecule has 0 bridgehead atoms. The molecular formula is C14H27N3O3. The van der Waals surface area contributed by atoms with E-state index in [4.69, 9.17) is 9.47 Å². The summed E-state index contributed by atoms with van der Waals surface area (Å²) in [5.74, 6) is 0. The molecule has 116 valence electrons. The molecule has 20 heavy (non-hydrogen) atoms. The summed E-state index contributed by atoms with van der Waals surface area (Å²) in [4.78, 5) is 18.3. The highest BCUT2D eigenvalue weighted by molar-refractivity contribution is 5.70. The molecule has 2 saturated heterocycles. The van der Waals surface area contributed by atoms with Gasteiger partial charge in [0.05, 0.1) is 13.2 Å². The molecule has 0 aliphatic carbocycles. The average Bonchev–Trinajstić information content (AvgIpc) is 2.74. The molecule has 0 aromatic carbocycles. The third-order valence-corrected chi connectivity index (χ3v) is 4.37. The number of hydrogen-bond acceptors (Lipinski definition) is 5. The van der Waals surface area contributed by atoms with E-state index in [1.165, 1.54) is 0 Å². The van der Waals surface area contributed by atoms with E-state index in [9.17, 15) is 4.79 Å². The zero-order chi connectivity index (χ0) is 14.6. The van der Waals surface area contributed by atoms with Crippen molar-refractivity contribution in [3.05, 3.63) is 0 Å². The third kappa shape index (κ3) is 3.84. The topological polar surface area (TPSA) is 45.2 Å². The molecule has 0 radical (unpaired) electrons. The maximum absolute atomic E-state index is 12.0. The maximum atomic E-state index is 12.0. The minimum absolute atomic E-state index is 0.144. The fourth-order valence-electron chi connectivity index (χ4n) is 2.80. The van der Waals surface area contributed by atoms with Gasteiger partial charge in [0.2, 0.25) is 0 Å². The summed E-state index contributed by atoms with van der Waals surface area (Å²) in [6, 6.07) is 0. The summed E-state index contributed by atoms with van der Waals surface area (Å²) < 4.78 is 10.7.